The Balaban J connectivity index is 0.00000125. The molecule has 0 saturated heterocycles. The van der Waals surface area contributed by atoms with Gasteiger partial charge >= 0.3 is 0 Å². The van der Waals surface area contributed by atoms with Gasteiger partial charge in [0.05, 0.1) is 5.03 Å². The molecule has 0 aliphatic heterocycles. The number of carbonyl (C=O) groups excluding carboxylic acids is 1. The summed E-state index contributed by atoms with van der Waals surface area (Å²) >= 11 is 14.0. The van der Waals surface area contributed by atoms with Crippen LogP contribution in [-0.4, -0.2) is 10.4 Å². The van der Waals surface area contributed by atoms with Crippen LogP contribution in [0.15, 0.2) is 64.6 Å². The lowest BCUT2D eigenvalue weighted by atomic mass is 9.98. The number of aromatic nitrogens is 1. The van der Waals surface area contributed by atoms with Crippen molar-refractivity contribution in [2.75, 3.05) is 0 Å². The number of halogens is 2. The molecule has 33 heavy (non-hydrogen) atoms. The van der Waals surface area contributed by atoms with Crippen molar-refractivity contribution >= 4 is 40.7 Å². The zero-order chi connectivity index (χ0) is 25.3. The van der Waals surface area contributed by atoms with E-state index in [-0.39, 0.29) is 11.7 Å². The summed E-state index contributed by atoms with van der Waals surface area (Å²) in [6.07, 6.45) is 7.85. The molecule has 5 heteroatoms. The van der Waals surface area contributed by atoms with E-state index in [1.807, 2.05) is 38.1 Å². The van der Waals surface area contributed by atoms with Gasteiger partial charge in [0, 0.05) is 32.7 Å². The largest absolute Gasteiger partial charge is 0.335 e. The van der Waals surface area contributed by atoms with Crippen LogP contribution in [0, 0.1) is 12.8 Å². The van der Waals surface area contributed by atoms with E-state index in [0.29, 0.717) is 16.6 Å². The minimum atomic E-state index is 0.0798. The predicted molar refractivity (Wildman–Crippen MR) is 147 cm³/mol. The molecule has 0 bridgehead atoms. The normalized spacial score (nSPS) is 11.8. The molecule has 0 unspecified atom stereocenters. The van der Waals surface area contributed by atoms with Crippen molar-refractivity contribution in [3.63, 3.8) is 0 Å². The molecule has 0 atom stereocenters. The molecule has 180 valence electrons. The van der Waals surface area contributed by atoms with E-state index in [2.05, 4.69) is 51.8 Å². The monoisotopic (exact) mass is 505 g/mol. The Kier molecular flexibility index (Phi) is 12.4. The number of carbonyl (C=O) groups is 1. The summed E-state index contributed by atoms with van der Waals surface area (Å²) in [4.78, 5) is 13.5. The Labute approximate surface area is 214 Å². The SMILES string of the molecule is C=C/C=C(\C=C/C)Cn1c(C)c(C(C)=O)c(C(C)C)c1Sc1cc(Cl)cc(Cl)c1.CC(C)C. The zero-order valence-electron chi connectivity index (χ0n) is 21.1. The number of ketones is 1. The van der Waals surface area contributed by atoms with Crippen LogP contribution in [0.3, 0.4) is 0 Å². The van der Waals surface area contributed by atoms with Gasteiger partial charge in [-0.15, -0.1) is 0 Å². The number of nitrogens with zero attached hydrogens (tertiary/aromatic N) is 1. The molecule has 1 aromatic carbocycles. The molecule has 0 spiro atoms. The molecule has 2 nitrogen and oxygen atoms in total. The maximum Gasteiger partial charge on any atom is 0.161 e. The smallest absolute Gasteiger partial charge is 0.161 e. The van der Waals surface area contributed by atoms with Gasteiger partial charge in [-0.3, -0.25) is 4.79 Å². The number of Topliss-reactive ketones (excluding diaryl/α,β-unsaturated/α-hetero) is 1. The first kappa shape index (κ1) is 29.4. The van der Waals surface area contributed by atoms with Crippen molar-refractivity contribution in [3.05, 3.63) is 81.5 Å². The van der Waals surface area contributed by atoms with Crippen LogP contribution in [0.1, 0.15) is 76.0 Å². The van der Waals surface area contributed by atoms with Crippen LogP contribution >= 0.6 is 35.0 Å². The van der Waals surface area contributed by atoms with Crippen molar-refractivity contribution < 1.29 is 4.79 Å². The van der Waals surface area contributed by atoms with Crippen molar-refractivity contribution in [1.29, 1.82) is 0 Å². The lowest BCUT2D eigenvalue weighted by Gasteiger charge is -2.15. The fourth-order valence-corrected chi connectivity index (χ4v) is 5.43. The van der Waals surface area contributed by atoms with Gasteiger partial charge in [0.15, 0.2) is 5.78 Å². The van der Waals surface area contributed by atoms with Crippen LogP contribution in [-0.2, 0) is 6.54 Å². The molecule has 1 heterocycles. The molecule has 2 aromatic rings. The molecule has 0 N–H and O–H groups in total. The van der Waals surface area contributed by atoms with Gasteiger partial charge in [0.1, 0.15) is 0 Å². The van der Waals surface area contributed by atoms with Crippen molar-refractivity contribution in [1.82, 2.24) is 4.57 Å². The number of allylic oxidation sites excluding steroid dienone is 5. The molecular weight excluding hydrogens is 469 g/mol. The summed E-state index contributed by atoms with van der Waals surface area (Å²) in [6.45, 7) is 20.8. The number of hydrogen-bond acceptors (Lipinski definition) is 2. The number of rotatable bonds is 8. The van der Waals surface area contributed by atoms with E-state index in [4.69, 9.17) is 23.2 Å². The maximum absolute atomic E-state index is 12.5. The average molecular weight is 507 g/mol. The fourth-order valence-electron chi connectivity index (χ4n) is 3.42. The molecule has 1 aromatic heterocycles. The Morgan fingerprint density at radius 3 is 2.09 bits per heavy atom. The van der Waals surface area contributed by atoms with Crippen molar-refractivity contribution in [2.24, 2.45) is 5.92 Å². The third kappa shape index (κ3) is 8.88. The first-order chi connectivity index (χ1) is 15.4. The van der Waals surface area contributed by atoms with Crippen LogP contribution in [0.2, 0.25) is 10.0 Å². The van der Waals surface area contributed by atoms with Gasteiger partial charge in [-0.25, -0.2) is 0 Å². The van der Waals surface area contributed by atoms with Gasteiger partial charge in [0.2, 0.25) is 0 Å². The molecule has 0 aliphatic rings. The second kappa shape index (κ2) is 13.9. The zero-order valence-corrected chi connectivity index (χ0v) is 23.5. The molecule has 2 rings (SSSR count). The first-order valence-electron chi connectivity index (χ1n) is 11.2. The Morgan fingerprint density at radius 2 is 1.67 bits per heavy atom. The second-order valence-electron chi connectivity index (χ2n) is 8.89. The minimum absolute atomic E-state index is 0.0798. The summed E-state index contributed by atoms with van der Waals surface area (Å²) in [5.41, 5.74) is 3.94. The summed E-state index contributed by atoms with van der Waals surface area (Å²) < 4.78 is 2.21. The molecule has 0 saturated carbocycles. The lowest BCUT2D eigenvalue weighted by Crippen LogP contribution is -2.05. The van der Waals surface area contributed by atoms with Crippen LogP contribution in [0.4, 0.5) is 0 Å². The maximum atomic E-state index is 12.5. The van der Waals surface area contributed by atoms with Gasteiger partial charge in [-0.05, 0) is 61.9 Å². The third-order valence-electron chi connectivity index (χ3n) is 4.54. The van der Waals surface area contributed by atoms with E-state index in [1.54, 1.807) is 30.8 Å². The van der Waals surface area contributed by atoms with E-state index in [0.717, 1.165) is 38.2 Å². The Bertz CT molecular complexity index is 1010. The number of hydrogen-bond donors (Lipinski definition) is 0. The Hall–Kier alpha value is -1.68. The van der Waals surface area contributed by atoms with Crippen LogP contribution in [0.25, 0.3) is 0 Å². The number of benzene rings is 1. The van der Waals surface area contributed by atoms with Crippen molar-refractivity contribution in [2.45, 2.75) is 77.8 Å². The summed E-state index contributed by atoms with van der Waals surface area (Å²) in [6, 6.07) is 5.52. The fraction of sp³-hybridized carbons (Fsp3) is 0.393. The molecular formula is C28H37Cl2NOS. The van der Waals surface area contributed by atoms with Gasteiger partial charge < -0.3 is 4.57 Å². The van der Waals surface area contributed by atoms with Gasteiger partial charge in [0.25, 0.3) is 0 Å². The van der Waals surface area contributed by atoms with E-state index >= 15 is 0 Å². The molecule has 0 radical (unpaired) electrons. The highest BCUT2D eigenvalue weighted by molar-refractivity contribution is 7.99. The summed E-state index contributed by atoms with van der Waals surface area (Å²) in [5.74, 6) is 1.11. The summed E-state index contributed by atoms with van der Waals surface area (Å²) in [5, 5.41) is 2.23. The van der Waals surface area contributed by atoms with E-state index < -0.39 is 0 Å². The lowest BCUT2D eigenvalue weighted by molar-refractivity contribution is 0.101. The van der Waals surface area contributed by atoms with Crippen molar-refractivity contribution in [3.8, 4) is 0 Å². The minimum Gasteiger partial charge on any atom is -0.335 e. The topological polar surface area (TPSA) is 22.0 Å². The highest BCUT2D eigenvalue weighted by atomic mass is 35.5. The quantitative estimate of drug-likeness (QED) is 0.262. The van der Waals surface area contributed by atoms with Crippen LogP contribution in [0.5, 0.6) is 0 Å². The second-order valence-corrected chi connectivity index (χ2v) is 10.8. The first-order valence-corrected chi connectivity index (χ1v) is 12.8. The standard InChI is InChI=1S/C24H27Cl2NOS.C4H10/c1-7-9-18(10-8-2)14-27-16(5)23(17(6)28)22(15(3)4)24(27)29-21-12-19(25)11-20(26)13-21;1-4(2)3/h7-13,15H,1,14H2,2-6H3;4H,1-3H3/b10-8-,18-9+;. The van der Waals surface area contributed by atoms with Crippen LogP contribution < -0.4 is 0 Å². The van der Waals surface area contributed by atoms with E-state index in [1.165, 1.54) is 0 Å². The van der Waals surface area contributed by atoms with Gasteiger partial charge in [-0.2, -0.15) is 0 Å². The highest BCUT2D eigenvalue weighted by Crippen LogP contribution is 2.41. The third-order valence-corrected chi connectivity index (χ3v) is 6.09. The summed E-state index contributed by atoms with van der Waals surface area (Å²) in [7, 11) is 0. The highest BCUT2D eigenvalue weighted by Gasteiger charge is 2.26. The Morgan fingerprint density at radius 1 is 1.12 bits per heavy atom. The molecule has 0 amide bonds. The van der Waals surface area contributed by atoms with Gasteiger partial charge in [-0.1, -0.05) is 100 Å². The predicted octanol–water partition coefficient (Wildman–Crippen LogP) is 9.93. The molecule has 0 fully saturated rings. The molecule has 0 aliphatic carbocycles. The average Bonchev–Trinajstić information content (AvgIpc) is 2.93. The van der Waals surface area contributed by atoms with E-state index in [9.17, 15) is 4.79 Å².